The first-order valence-corrected chi connectivity index (χ1v) is 5.67. The summed E-state index contributed by atoms with van der Waals surface area (Å²) in [5, 5.41) is 3.10. The van der Waals surface area contributed by atoms with Crippen LogP contribution in [0.4, 0.5) is 0 Å². The SMILES string of the molecule is O=C1CCC2CC3N=CN=CC3CC2N1. The first-order valence-electron chi connectivity index (χ1n) is 5.67. The summed E-state index contributed by atoms with van der Waals surface area (Å²) in [7, 11) is 0. The third-order valence-electron chi connectivity index (χ3n) is 3.82. The van der Waals surface area contributed by atoms with Gasteiger partial charge in [-0.15, -0.1) is 0 Å². The molecule has 1 saturated carbocycles. The molecule has 4 heteroatoms. The number of fused-ring (bicyclic) bond motifs is 2. The fraction of sp³-hybridized carbons (Fsp3) is 0.727. The number of carbonyl (C=O) groups excluding carboxylic acids is 1. The summed E-state index contributed by atoms with van der Waals surface area (Å²) < 4.78 is 0. The Morgan fingerprint density at radius 3 is 3.27 bits per heavy atom. The fourth-order valence-electron chi connectivity index (χ4n) is 2.99. The minimum Gasteiger partial charge on any atom is -0.353 e. The predicted molar refractivity (Wildman–Crippen MR) is 58.2 cm³/mol. The zero-order valence-electron chi connectivity index (χ0n) is 8.60. The van der Waals surface area contributed by atoms with Gasteiger partial charge in [0.25, 0.3) is 0 Å². The lowest BCUT2D eigenvalue weighted by Crippen LogP contribution is -2.51. The van der Waals surface area contributed by atoms with Crippen LogP contribution in [-0.2, 0) is 4.79 Å². The third-order valence-corrected chi connectivity index (χ3v) is 3.82. The molecule has 0 aromatic carbocycles. The molecule has 2 heterocycles. The van der Waals surface area contributed by atoms with Crippen LogP contribution in [0.3, 0.4) is 0 Å². The lowest BCUT2D eigenvalue weighted by atomic mass is 9.72. The van der Waals surface area contributed by atoms with Gasteiger partial charge >= 0.3 is 0 Å². The minimum absolute atomic E-state index is 0.214. The summed E-state index contributed by atoms with van der Waals surface area (Å²) in [6.07, 6.45) is 7.51. The molecule has 80 valence electrons. The Balaban J connectivity index is 1.76. The van der Waals surface area contributed by atoms with Gasteiger partial charge in [0.2, 0.25) is 5.91 Å². The van der Waals surface area contributed by atoms with E-state index in [-0.39, 0.29) is 5.91 Å². The van der Waals surface area contributed by atoms with E-state index in [0.717, 1.165) is 19.3 Å². The molecule has 15 heavy (non-hydrogen) atoms. The molecule has 1 aliphatic carbocycles. The maximum Gasteiger partial charge on any atom is 0.220 e. The molecule has 0 aromatic rings. The van der Waals surface area contributed by atoms with Gasteiger partial charge in [0.05, 0.1) is 6.04 Å². The number of nitrogens with one attached hydrogen (secondary N) is 1. The van der Waals surface area contributed by atoms with E-state index in [1.54, 1.807) is 6.34 Å². The maximum absolute atomic E-state index is 11.3. The molecule has 4 unspecified atom stereocenters. The van der Waals surface area contributed by atoms with Gasteiger partial charge in [-0.05, 0) is 25.2 Å². The first kappa shape index (κ1) is 9.07. The maximum atomic E-state index is 11.3. The van der Waals surface area contributed by atoms with Gasteiger partial charge in [0.15, 0.2) is 0 Å². The first-order chi connectivity index (χ1) is 7.33. The van der Waals surface area contributed by atoms with Gasteiger partial charge in [0, 0.05) is 24.6 Å². The summed E-state index contributed by atoms with van der Waals surface area (Å²) in [6.45, 7) is 0. The van der Waals surface area contributed by atoms with Crippen LogP contribution in [0.5, 0.6) is 0 Å². The summed E-state index contributed by atoms with van der Waals surface area (Å²) in [4.78, 5) is 19.8. The Morgan fingerprint density at radius 1 is 1.40 bits per heavy atom. The molecule has 0 bridgehead atoms. The van der Waals surface area contributed by atoms with Crippen molar-refractivity contribution in [3.05, 3.63) is 0 Å². The van der Waals surface area contributed by atoms with E-state index in [1.165, 1.54) is 0 Å². The number of rotatable bonds is 0. The van der Waals surface area contributed by atoms with Gasteiger partial charge in [-0.3, -0.25) is 9.79 Å². The molecule has 4 nitrogen and oxygen atoms in total. The molecule has 2 aliphatic heterocycles. The second kappa shape index (κ2) is 3.43. The normalized spacial score (nSPS) is 43.1. The smallest absolute Gasteiger partial charge is 0.220 e. The standard InChI is InChI=1S/C11H15N3O/c15-11-2-1-7-3-9-8(4-10(7)14-11)5-12-6-13-9/h5-10H,1-4H2,(H,14,15). The van der Waals surface area contributed by atoms with Gasteiger partial charge in [-0.1, -0.05) is 0 Å². The Morgan fingerprint density at radius 2 is 2.33 bits per heavy atom. The highest BCUT2D eigenvalue weighted by atomic mass is 16.1. The minimum atomic E-state index is 0.214. The quantitative estimate of drug-likeness (QED) is 0.624. The van der Waals surface area contributed by atoms with Crippen molar-refractivity contribution >= 4 is 18.5 Å². The monoisotopic (exact) mass is 205 g/mol. The Labute approximate surface area is 88.9 Å². The molecule has 3 aliphatic rings. The van der Waals surface area contributed by atoms with Crippen LogP contribution in [0.15, 0.2) is 9.98 Å². The van der Waals surface area contributed by atoms with Crippen molar-refractivity contribution in [2.75, 3.05) is 0 Å². The van der Waals surface area contributed by atoms with Crippen LogP contribution in [0, 0.1) is 11.8 Å². The largest absolute Gasteiger partial charge is 0.353 e. The van der Waals surface area contributed by atoms with Gasteiger partial charge < -0.3 is 5.32 Å². The average Bonchev–Trinajstić information content (AvgIpc) is 2.26. The highest BCUT2D eigenvalue weighted by Gasteiger charge is 2.39. The molecule has 0 radical (unpaired) electrons. The zero-order valence-corrected chi connectivity index (χ0v) is 8.60. The van der Waals surface area contributed by atoms with E-state index in [4.69, 9.17) is 0 Å². The van der Waals surface area contributed by atoms with Gasteiger partial charge in [0.1, 0.15) is 6.34 Å². The number of hydrogen-bond acceptors (Lipinski definition) is 3. The van der Waals surface area contributed by atoms with E-state index in [2.05, 4.69) is 15.3 Å². The van der Waals surface area contributed by atoms with Crippen LogP contribution >= 0.6 is 0 Å². The number of piperidine rings is 1. The van der Waals surface area contributed by atoms with Crippen molar-refractivity contribution in [3.63, 3.8) is 0 Å². The summed E-state index contributed by atoms with van der Waals surface area (Å²) in [5.74, 6) is 1.29. The van der Waals surface area contributed by atoms with Crippen LogP contribution in [-0.4, -0.2) is 30.5 Å². The molecule has 3 rings (SSSR count). The number of aliphatic imine (C=N–C) groups is 2. The lowest BCUT2D eigenvalue weighted by Gasteiger charge is -2.42. The summed E-state index contributed by atoms with van der Waals surface area (Å²) in [5.41, 5.74) is 0. The van der Waals surface area contributed by atoms with Crippen LogP contribution < -0.4 is 5.32 Å². The van der Waals surface area contributed by atoms with Crippen LogP contribution in [0.1, 0.15) is 25.7 Å². The van der Waals surface area contributed by atoms with E-state index in [0.29, 0.717) is 30.3 Å². The molecule has 1 amide bonds. The average molecular weight is 205 g/mol. The van der Waals surface area contributed by atoms with Crippen molar-refractivity contribution in [2.24, 2.45) is 21.8 Å². The Bertz CT molecular complexity index is 337. The summed E-state index contributed by atoms with van der Waals surface area (Å²) in [6, 6.07) is 0.783. The molecule has 0 spiro atoms. The number of amides is 1. The lowest BCUT2D eigenvalue weighted by molar-refractivity contribution is -0.125. The van der Waals surface area contributed by atoms with E-state index in [9.17, 15) is 4.79 Å². The van der Waals surface area contributed by atoms with Crippen molar-refractivity contribution in [1.29, 1.82) is 0 Å². The highest BCUT2D eigenvalue weighted by molar-refractivity contribution is 5.79. The van der Waals surface area contributed by atoms with E-state index in [1.807, 2.05) is 6.21 Å². The van der Waals surface area contributed by atoms with Crippen molar-refractivity contribution < 1.29 is 4.79 Å². The molecule has 0 aromatic heterocycles. The van der Waals surface area contributed by atoms with Crippen LogP contribution in [0.2, 0.25) is 0 Å². The molecule has 1 N–H and O–H groups in total. The van der Waals surface area contributed by atoms with E-state index < -0.39 is 0 Å². The van der Waals surface area contributed by atoms with Gasteiger partial charge in [-0.2, -0.15) is 0 Å². The Kier molecular flexibility index (Phi) is 2.08. The Hall–Kier alpha value is -1.19. The van der Waals surface area contributed by atoms with Crippen LogP contribution in [0.25, 0.3) is 0 Å². The van der Waals surface area contributed by atoms with Crippen molar-refractivity contribution in [3.8, 4) is 0 Å². The number of carbonyl (C=O) groups is 1. The summed E-state index contributed by atoms with van der Waals surface area (Å²) >= 11 is 0. The second-order valence-electron chi connectivity index (χ2n) is 4.74. The number of hydrogen-bond donors (Lipinski definition) is 1. The van der Waals surface area contributed by atoms with E-state index >= 15 is 0 Å². The van der Waals surface area contributed by atoms with Crippen molar-refractivity contribution in [1.82, 2.24) is 5.32 Å². The van der Waals surface area contributed by atoms with Gasteiger partial charge in [-0.25, -0.2) is 4.99 Å². The molecule has 1 saturated heterocycles. The highest BCUT2D eigenvalue weighted by Crippen LogP contribution is 2.35. The second-order valence-corrected chi connectivity index (χ2v) is 4.74. The molecule has 4 atom stereocenters. The number of nitrogens with zero attached hydrogens (tertiary/aromatic N) is 2. The van der Waals surface area contributed by atoms with Crippen molar-refractivity contribution in [2.45, 2.75) is 37.8 Å². The fourth-order valence-corrected chi connectivity index (χ4v) is 2.99. The predicted octanol–water partition coefficient (Wildman–Crippen LogP) is 0.772. The molecular weight excluding hydrogens is 190 g/mol. The molecule has 2 fully saturated rings. The molecular formula is C11H15N3O. The zero-order chi connectivity index (χ0) is 10.3. The third kappa shape index (κ3) is 1.58. The topological polar surface area (TPSA) is 53.8 Å².